The summed E-state index contributed by atoms with van der Waals surface area (Å²) in [7, 11) is 0. The summed E-state index contributed by atoms with van der Waals surface area (Å²) < 4.78 is 0. The second kappa shape index (κ2) is 3.83. The molecule has 1 aliphatic heterocycles. The molecular weight excluding hydrogens is 241 g/mol. The van der Waals surface area contributed by atoms with E-state index in [2.05, 4.69) is 17.4 Å². The molecule has 3 rings (SSSR count). The van der Waals surface area contributed by atoms with Crippen molar-refractivity contribution >= 4 is 39.7 Å². The van der Waals surface area contributed by atoms with E-state index in [1.807, 2.05) is 18.2 Å². The molecule has 16 heavy (non-hydrogen) atoms. The molecule has 2 aromatic carbocycles. The first kappa shape index (κ1) is 10.2. The predicted octanol–water partition coefficient (Wildman–Crippen LogP) is 4.07. The smallest absolute Gasteiger partial charge is 0.0488 e. The normalized spacial score (nSPS) is 18.5. The predicted molar refractivity (Wildman–Crippen MR) is 70.8 cm³/mol. The Morgan fingerprint density at radius 2 is 2.00 bits per heavy atom. The molecule has 82 valence electrons. The molecule has 3 heteroatoms. The summed E-state index contributed by atoms with van der Waals surface area (Å²) >= 11 is 12.2. The van der Waals surface area contributed by atoms with E-state index in [0.29, 0.717) is 11.9 Å². The van der Waals surface area contributed by atoms with Crippen LogP contribution in [0.2, 0.25) is 5.02 Å². The van der Waals surface area contributed by atoms with Crippen molar-refractivity contribution in [2.75, 3.05) is 11.2 Å². The number of hydrogen-bond donors (Lipinski definition) is 1. The fourth-order valence-electron chi connectivity index (χ4n) is 2.33. The standard InChI is InChI=1S/C13H11Cl2N/c14-7-9-5-8-6-12(15)10-3-1-2-4-11(10)13(8)16-9/h1-4,6,9,16H,5,7H2. The lowest BCUT2D eigenvalue weighted by atomic mass is 10.0. The molecule has 0 amide bonds. The summed E-state index contributed by atoms with van der Waals surface area (Å²) in [6.07, 6.45) is 0.962. The zero-order valence-corrected chi connectivity index (χ0v) is 10.1. The van der Waals surface area contributed by atoms with Crippen molar-refractivity contribution in [3.8, 4) is 0 Å². The molecule has 1 unspecified atom stereocenters. The first-order valence-corrected chi connectivity index (χ1v) is 6.23. The SMILES string of the molecule is ClCC1Cc2cc(Cl)c3ccccc3c2N1. The zero-order valence-electron chi connectivity index (χ0n) is 8.63. The van der Waals surface area contributed by atoms with E-state index in [9.17, 15) is 0 Å². The van der Waals surface area contributed by atoms with E-state index in [0.717, 1.165) is 16.8 Å². The number of fused-ring (bicyclic) bond motifs is 3. The maximum atomic E-state index is 6.27. The Labute approximate surface area is 104 Å². The molecule has 1 N–H and O–H groups in total. The van der Waals surface area contributed by atoms with Gasteiger partial charge in [0.1, 0.15) is 0 Å². The molecule has 0 saturated heterocycles. The average Bonchev–Trinajstić information content (AvgIpc) is 2.72. The Hall–Kier alpha value is -0.920. The van der Waals surface area contributed by atoms with Gasteiger partial charge < -0.3 is 5.32 Å². The molecule has 1 atom stereocenters. The highest BCUT2D eigenvalue weighted by Gasteiger charge is 2.22. The Balaban J connectivity index is 2.26. The van der Waals surface area contributed by atoms with Crippen LogP contribution in [-0.4, -0.2) is 11.9 Å². The van der Waals surface area contributed by atoms with E-state index >= 15 is 0 Å². The molecule has 0 aromatic heterocycles. The van der Waals surface area contributed by atoms with Crippen molar-refractivity contribution in [3.05, 3.63) is 40.9 Å². The third-order valence-corrected chi connectivity index (χ3v) is 3.76. The van der Waals surface area contributed by atoms with Crippen molar-refractivity contribution in [2.24, 2.45) is 0 Å². The van der Waals surface area contributed by atoms with Crippen molar-refractivity contribution in [1.29, 1.82) is 0 Å². The Morgan fingerprint density at radius 3 is 2.75 bits per heavy atom. The van der Waals surface area contributed by atoms with Gasteiger partial charge in [-0.3, -0.25) is 0 Å². The average molecular weight is 252 g/mol. The molecular formula is C13H11Cl2N. The van der Waals surface area contributed by atoms with Crippen molar-refractivity contribution in [1.82, 2.24) is 0 Å². The fourth-order valence-corrected chi connectivity index (χ4v) is 2.81. The molecule has 1 aliphatic rings. The third kappa shape index (κ3) is 1.47. The summed E-state index contributed by atoms with van der Waals surface area (Å²) in [6.45, 7) is 0. The van der Waals surface area contributed by atoms with Gasteiger partial charge in [0, 0.05) is 33.4 Å². The Kier molecular flexibility index (Phi) is 2.45. The topological polar surface area (TPSA) is 12.0 Å². The zero-order chi connectivity index (χ0) is 11.1. The Morgan fingerprint density at radius 1 is 1.25 bits per heavy atom. The molecule has 0 saturated carbocycles. The molecule has 2 aromatic rings. The third-order valence-electron chi connectivity index (χ3n) is 3.08. The van der Waals surface area contributed by atoms with E-state index in [4.69, 9.17) is 23.2 Å². The quantitative estimate of drug-likeness (QED) is 0.754. The van der Waals surface area contributed by atoms with Crippen LogP contribution < -0.4 is 5.32 Å². The lowest BCUT2D eigenvalue weighted by Gasteiger charge is -2.09. The summed E-state index contributed by atoms with van der Waals surface area (Å²) in [5.74, 6) is 0.626. The molecule has 0 radical (unpaired) electrons. The Bertz CT molecular complexity index is 551. The van der Waals surface area contributed by atoms with Gasteiger partial charge in [0.15, 0.2) is 0 Å². The number of nitrogens with one attached hydrogen (secondary N) is 1. The summed E-state index contributed by atoms with van der Waals surface area (Å²) in [5.41, 5.74) is 2.47. The second-order valence-electron chi connectivity index (χ2n) is 4.14. The van der Waals surface area contributed by atoms with Gasteiger partial charge in [0.25, 0.3) is 0 Å². The van der Waals surface area contributed by atoms with Crippen LogP contribution in [0.5, 0.6) is 0 Å². The van der Waals surface area contributed by atoms with Gasteiger partial charge in [0.05, 0.1) is 0 Å². The van der Waals surface area contributed by atoms with Gasteiger partial charge >= 0.3 is 0 Å². The molecule has 0 spiro atoms. The highest BCUT2D eigenvalue weighted by Crippen LogP contribution is 2.37. The summed E-state index contributed by atoms with van der Waals surface area (Å²) in [4.78, 5) is 0. The highest BCUT2D eigenvalue weighted by atomic mass is 35.5. The van der Waals surface area contributed by atoms with E-state index in [1.54, 1.807) is 0 Å². The van der Waals surface area contributed by atoms with E-state index in [-0.39, 0.29) is 0 Å². The molecule has 0 bridgehead atoms. The minimum absolute atomic E-state index is 0.332. The first-order valence-electron chi connectivity index (χ1n) is 5.32. The van der Waals surface area contributed by atoms with Crippen LogP contribution in [0.25, 0.3) is 10.8 Å². The van der Waals surface area contributed by atoms with Gasteiger partial charge in [0.2, 0.25) is 0 Å². The largest absolute Gasteiger partial charge is 0.380 e. The maximum Gasteiger partial charge on any atom is 0.0488 e. The minimum Gasteiger partial charge on any atom is -0.380 e. The highest BCUT2D eigenvalue weighted by molar-refractivity contribution is 6.36. The summed E-state index contributed by atoms with van der Waals surface area (Å²) in [5, 5.41) is 6.58. The molecule has 0 aliphatic carbocycles. The van der Waals surface area contributed by atoms with E-state index < -0.39 is 0 Å². The van der Waals surface area contributed by atoms with Gasteiger partial charge in [-0.05, 0) is 18.1 Å². The van der Waals surface area contributed by atoms with Crippen LogP contribution in [0.15, 0.2) is 30.3 Å². The van der Waals surface area contributed by atoms with Crippen LogP contribution in [0.3, 0.4) is 0 Å². The van der Waals surface area contributed by atoms with Crippen molar-refractivity contribution in [3.63, 3.8) is 0 Å². The van der Waals surface area contributed by atoms with E-state index in [1.165, 1.54) is 16.6 Å². The van der Waals surface area contributed by atoms with Crippen LogP contribution >= 0.6 is 23.2 Å². The van der Waals surface area contributed by atoms with Crippen LogP contribution in [-0.2, 0) is 6.42 Å². The van der Waals surface area contributed by atoms with Gasteiger partial charge in [-0.2, -0.15) is 0 Å². The van der Waals surface area contributed by atoms with Crippen molar-refractivity contribution < 1.29 is 0 Å². The lowest BCUT2D eigenvalue weighted by Crippen LogP contribution is -2.16. The number of anilines is 1. The minimum atomic E-state index is 0.332. The molecule has 1 nitrogen and oxygen atoms in total. The van der Waals surface area contributed by atoms with Gasteiger partial charge in [-0.1, -0.05) is 35.9 Å². The van der Waals surface area contributed by atoms with Gasteiger partial charge in [-0.15, -0.1) is 11.6 Å². The number of alkyl halides is 1. The molecule has 1 heterocycles. The lowest BCUT2D eigenvalue weighted by molar-refractivity contribution is 0.847. The number of hydrogen-bond acceptors (Lipinski definition) is 1. The number of halogens is 2. The van der Waals surface area contributed by atoms with Crippen LogP contribution in [0, 0.1) is 0 Å². The maximum absolute atomic E-state index is 6.27. The second-order valence-corrected chi connectivity index (χ2v) is 4.85. The van der Waals surface area contributed by atoms with Crippen LogP contribution in [0.1, 0.15) is 5.56 Å². The summed E-state index contributed by atoms with van der Waals surface area (Å²) in [6, 6.07) is 10.6. The van der Waals surface area contributed by atoms with Gasteiger partial charge in [-0.25, -0.2) is 0 Å². The number of rotatable bonds is 1. The fraction of sp³-hybridized carbons (Fsp3) is 0.231. The number of benzene rings is 2. The van der Waals surface area contributed by atoms with Crippen molar-refractivity contribution in [2.45, 2.75) is 12.5 Å². The molecule has 0 fully saturated rings. The van der Waals surface area contributed by atoms with Crippen LogP contribution in [0.4, 0.5) is 5.69 Å². The monoisotopic (exact) mass is 251 g/mol. The first-order chi connectivity index (χ1) is 7.79.